The van der Waals surface area contributed by atoms with Crippen LogP contribution < -0.4 is 17.0 Å². The van der Waals surface area contributed by atoms with Gasteiger partial charge in [-0.25, -0.2) is 4.79 Å². The number of allylic oxidation sites excluding steroid dienone is 4. The first kappa shape index (κ1) is 65.4. The Hall–Kier alpha value is -1.68. The number of quaternary nitrogens is 1. The standard InChI is InChI=1S/C56H104NO7.BrH/c1-7-10-12-14-16-18-20-22-24-26-28-30-32-34-36-38-46-62-50-54(63-47-39-37-35-33-31-29-27-25-23-21-19-17-15-13-11-8-2)49-57(5,6)55(40-9-3)56(61)64-48-45-53(60)44-43-52(59)42-41-51(4)58;/h22-25,54-55H,7-21,26-50H2,1-6H3;1H/q+1;/p-1/b24-22+,25-23+;. The first-order valence-electron chi connectivity index (χ1n) is 27.1. The van der Waals surface area contributed by atoms with Gasteiger partial charge in [-0.05, 0) is 77.6 Å². The molecule has 2 unspecified atom stereocenters. The average Bonchev–Trinajstić information content (AvgIpc) is 3.27. The predicted octanol–water partition coefficient (Wildman–Crippen LogP) is 11.9. The van der Waals surface area contributed by atoms with Crippen LogP contribution in [0.1, 0.15) is 252 Å². The van der Waals surface area contributed by atoms with Crippen molar-refractivity contribution in [1.82, 2.24) is 0 Å². The van der Waals surface area contributed by atoms with Crippen LogP contribution in [0.3, 0.4) is 0 Å². The molecule has 0 heterocycles. The van der Waals surface area contributed by atoms with Crippen LogP contribution in [-0.4, -0.2) is 87.0 Å². The van der Waals surface area contributed by atoms with Crippen molar-refractivity contribution >= 4 is 23.3 Å². The molecular formula is C56H104BrNO7. The summed E-state index contributed by atoms with van der Waals surface area (Å²) in [6.07, 6.45) is 47.4. The lowest BCUT2D eigenvalue weighted by atomic mass is 10.1. The lowest BCUT2D eigenvalue weighted by Gasteiger charge is -2.38. The monoisotopic (exact) mass is 982 g/mol. The molecule has 2 atom stereocenters. The predicted molar refractivity (Wildman–Crippen MR) is 270 cm³/mol. The SMILES string of the molecule is CCCCCCCC/C=C/CCCCCCCCOCC(C[N+](C)(C)C(CCC)C(=O)OCCC(=O)CCC(=O)CCC(C)=O)OCCCCCCCC/C=C/CCCCCCCC.[Br-]. The number of ether oxygens (including phenoxy) is 3. The van der Waals surface area contributed by atoms with Gasteiger partial charge in [0.2, 0.25) is 0 Å². The van der Waals surface area contributed by atoms with Gasteiger partial charge in [-0.2, -0.15) is 0 Å². The molecule has 0 aromatic carbocycles. The molecule has 0 aliphatic heterocycles. The second kappa shape index (κ2) is 48.8. The van der Waals surface area contributed by atoms with E-state index in [1.165, 1.54) is 167 Å². The van der Waals surface area contributed by atoms with E-state index in [1.54, 1.807) is 0 Å². The number of carbonyl (C=O) groups excluding carboxylic acids is 4. The third kappa shape index (κ3) is 44.6. The first-order chi connectivity index (χ1) is 31.1. The van der Waals surface area contributed by atoms with Crippen molar-refractivity contribution in [2.24, 2.45) is 0 Å². The Balaban J connectivity index is 0. The molecule has 9 heteroatoms. The Morgan fingerprint density at radius 2 is 0.877 bits per heavy atom. The molecule has 0 amide bonds. The fourth-order valence-electron chi connectivity index (χ4n) is 8.30. The van der Waals surface area contributed by atoms with Crippen molar-refractivity contribution in [2.45, 2.75) is 265 Å². The molecule has 0 N–H and O–H groups in total. The van der Waals surface area contributed by atoms with Gasteiger partial charge in [0.1, 0.15) is 30.0 Å². The number of Topliss-reactive ketones (excluding diaryl/α,β-unsaturated/α-hetero) is 3. The average molecular weight is 983 g/mol. The molecule has 0 aromatic heterocycles. The zero-order valence-corrected chi connectivity index (χ0v) is 45.0. The van der Waals surface area contributed by atoms with E-state index < -0.39 is 0 Å². The molecule has 0 aromatic rings. The van der Waals surface area contributed by atoms with E-state index in [4.69, 9.17) is 14.2 Å². The minimum Gasteiger partial charge on any atom is -1.00 e. The zero-order valence-electron chi connectivity index (χ0n) is 43.4. The Kier molecular flexibility index (Phi) is 49.1. The normalized spacial score (nSPS) is 12.8. The number of hydrogen-bond acceptors (Lipinski definition) is 7. The van der Waals surface area contributed by atoms with Crippen molar-refractivity contribution in [3.05, 3.63) is 24.3 Å². The van der Waals surface area contributed by atoms with Crippen molar-refractivity contribution < 1.29 is 54.9 Å². The van der Waals surface area contributed by atoms with E-state index in [1.807, 2.05) is 0 Å². The van der Waals surface area contributed by atoms with Gasteiger partial charge in [0, 0.05) is 51.7 Å². The Morgan fingerprint density at radius 1 is 0.477 bits per heavy atom. The van der Waals surface area contributed by atoms with Gasteiger partial charge >= 0.3 is 5.97 Å². The number of unbranched alkanes of at least 4 members (excludes halogenated alkanes) is 24. The van der Waals surface area contributed by atoms with Crippen LogP contribution in [0.5, 0.6) is 0 Å². The second-order valence-electron chi connectivity index (χ2n) is 19.4. The van der Waals surface area contributed by atoms with E-state index >= 15 is 0 Å². The van der Waals surface area contributed by atoms with E-state index in [2.05, 4.69) is 59.2 Å². The van der Waals surface area contributed by atoms with Crippen LogP contribution >= 0.6 is 0 Å². The molecular weight excluding hydrogens is 879 g/mol. The summed E-state index contributed by atoms with van der Waals surface area (Å²) in [4.78, 5) is 49.1. The highest BCUT2D eigenvalue weighted by atomic mass is 79.9. The zero-order chi connectivity index (χ0) is 47.2. The van der Waals surface area contributed by atoms with Crippen molar-refractivity contribution in [3.63, 3.8) is 0 Å². The Morgan fingerprint density at radius 3 is 1.32 bits per heavy atom. The van der Waals surface area contributed by atoms with E-state index in [0.29, 0.717) is 30.7 Å². The molecule has 0 saturated heterocycles. The maximum absolute atomic E-state index is 13.5. The summed E-state index contributed by atoms with van der Waals surface area (Å²) in [7, 11) is 4.15. The summed E-state index contributed by atoms with van der Waals surface area (Å²) >= 11 is 0. The number of esters is 1. The lowest BCUT2D eigenvalue weighted by Crippen LogP contribution is -3.00. The van der Waals surface area contributed by atoms with Crippen LogP contribution in [0, 0.1) is 0 Å². The molecule has 8 nitrogen and oxygen atoms in total. The quantitative estimate of drug-likeness (QED) is 0.0259. The first-order valence-corrected chi connectivity index (χ1v) is 27.1. The summed E-state index contributed by atoms with van der Waals surface area (Å²) in [5.41, 5.74) is 0. The van der Waals surface area contributed by atoms with E-state index in [0.717, 1.165) is 32.3 Å². The third-order valence-corrected chi connectivity index (χ3v) is 12.5. The highest BCUT2D eigenvalue weighted by molar-refractivity contribution is 5.88. The number of rotatable bonds is 50. The summed E-state index contributed by atoms with van der Waals surface area (Å²) in [5.74, 6) is -0.519. The summed E-state index contributed by atoms with van der Waals surface area (Å²) in [6, 6.07) is -0.388. The fourth-order valence-corrected chi connectivity index (χ4v) is 8.30. The molecule has 0 rings (SSSR count). The van der Waals surface area contributed by atoms with Crippen molar-refractivity contribution in [1.29, 1.82) is 0 Å². The highest BCUT2D eigenvalue weighted by Gasteiger charge is 2.38. The molecule has 0 radical (unpaired) electrons. The summed E-state index contributed by atoms with van der Waals surface area (Å²) < 4.78 is 18.9. The number of nitrogens with zero attached hydrogens (tertiary/aromatic N) is 1. The smallest absolute Gasteiger partial charge is 0.364 e. The third-order valence-electron chi connectivity index (χ3n) is 12.5. The van der Waals surface area contributed by atoms with Gasteiger partial charge in [-0.15, -0.1) is 0 Å². The van der Waals surface area contributed by atoms with E-state index in [9.17, 15) is 19.2 Å². The van der Waals surface area contributed by atoms with Gasteiger partial charge in [0.05, 0.1) is 27.3 Å². The summed E-state index contributed by atoms with van der Waals surface area (Å²) in [6.45, 7) is 10.6. The van der Waals surface area contributed by atoms with Crippen molar-refractivity contribution in [2.75, 3.05) is 47.1 Å². The largest absolute Gasteiger partial charge is 1.00 e. The molecule has 0 aliphatic carbocycles. The second-order valence-corrected chi connectivity index (χ2v) is 19.4. The molecule has 65 heavy (non-hydrogen) atoms. The van der Waals surface area contributed by atoms with Crippen molar-refractivity contribution in [3.8, 4) is 0 Å². The minimum absolute atomic E-state index is 0. The molecule has 0 spiro atoms. The molecule has 0 bridgehead atoms. The topological polar surface area (TPSA) is 96.0 Å². The van der Waals surface area contributed by atoms with Gasteiger partial charge in [0.25, 0.3) is 0 Å². The highest BCUT2D eigenvalue weighted by Crippen LogP contribution is 2.19. The van der Waals surface area contributed by atoms with Crippen LogP contribution in [0.4, 0.5) is 0 Å². The molecule has 0 saturated carbocycles. The van der Waals surface area contributed by atoms with Crippen LogP contribution in [0.25, 0.3) is 0 Å². The minimum atomic E-state index is -0.388. The number of likely N-dealkylation sites (N-methyl/N-ethyl adjacent to an activating group) is 1. The number of ketones is 3. The Bertz CT molecular complexity index is 1170. The van der Waals surface area contributed by atoms with Gasteiger partial charge in [0.15, 0.2) is 6.04 Å². The van der Waals surface area contributed by atoms with Crippen LogP contribution in [0.2, 0.25) is 0 Å². The Labute approximate surface area is 412 Å². The van der Waals surface area contributed by atoms with Gasteiger partial charge < -0.3 is 40.5 Å². The van der Waals surface area contributed by atoms with E-state index in [-0.39, 0.29) is 91.2 Å². The summed E-state index contributed by atoms with van der Waals surface area (Å²) in [5, 5.41) is 0. The lowest BCUT2D eigenvalue weighted by molar-refractivity contribution is -0.910. The number of hydrogen-bond donors (Lipinski definition) is 0. The number of carbonyl (C=O) groups is 4. The fraction of sp³-hybridized carbons (Fsp3) is 0.857. The van der Waals surface area contributed by atoms with Crippen LogP contribution in [-0.2, 0) is 33.4 Å². The van der Waals surface area contributed by atoms with Crippen LogP contribution in [0.15, 0.2) is 24.3 Å². The molecule has 382 valence electrons. The maximum atomic E-state index is 13.5. The van der Waals surface area contributed by atoms with Gasteiger partial charge in [-0.1, -0.05) is 161 Å². The van der Waals surface area contributed by atoms with Gasteiger partial charge in [-0.3, -0.25) is 9.59 Å². The maximum Gasteiger partial charge on any atom is 0.364 e. The number of halogens is 1. The molecule has 0 aliphatic rings. The molecule has 0 fully saturated rings.